The first kappa shape index (κ1) is 13.0. The lowest BCUT2D eigenvalue weighted by molar-refractivity contribution is 0.211. The van der Waals surface area contributed by atoms with Crippen molar-refractivity contribution in [2.24, 2.45) is 5.92 Å². The van der Waals surface area contributed by atoms with Crippen molar-refractivity contribution in [1.29, 1.82) is 0 Å². The molecule has 0 bridgehead atoms. The summed E-state index contributed by atoms with van der Waals surface area (Å²) in [6, 6.07) is 3.80. The van der Waals surface area contributed by atoms with Crippen LogP contribution >= 0.6 is 0 Å². The Labute approximate surface area is 125 Å². The zero-order chi connectivity index (χ0) is 14.1. The van der Waals surface area contributed by atoms with Gasteiger partial charge in [0, 0.05) is 25.8 Å². The van der Waals surface area contributed by atoms with Crippen LogP contribution in [0.2, 0.25) is 0 Å². The number of furan rings is 1. The van der Waals surface area contributed by atoms with Crippen LogP contribution in [0.4, 0.5) is 0 Å². The zero-order valence-corrected chi connectivity index (χ0v) is 12.3. The first-order valence-electron chi connectivity index (χ1n) is 7.99. The highest BCUT2D eigenvalue weighted by atomic mass is 16.3. The molecule has 3 heterocycles. The van der Waals surface area contributed by atoms with Crippen molar-refractivity contribution in [2.75, 3.05) is 13.1 Å². The van der Waals surface area contributed by atoms with Gasteiger partial charge >= 0.3 is 0 Å². The van der Waals surface area contributed by atoms with Crippen LogP contribution in [0.15, 0.2) is 29.0 Å². The van der Waals surface area contributed by atoms with Gasteiger partial charge in [-0.2, -0.15) is 0 Å². The van der Waals surface area contributed by atoms with Gasteiger partial charge in [-0.15, -0.1) is 0 Å². The number of rotatable bonds is 3. The molecule has 4 nitrogen and oxygen atoms in total. The maximum Gasteiger partial charge on any atom is 0.195 e. The van der Waals surface area contributed by atoms with Crippen LogP contribution in [0.5, 0.6) is 0 Å². The molecule has 0 amide bonds. The molecule has 1 fully saturated rings. The number of fused-ring (bicyclic) bond motifs is 1. The highest BCUT2D eigenvalue weighted by Crippen LogP contribution is 2.28. The van der Waals surface area contributed by atoms with E-state index in [1.807, 2.05) is 18.3 Å². The Bertz CT molecular complexity index is 603. The van der Waals surface area contributed by atoms with Crippen molar-refractivity contribution in [2.45, 2.75) is 38.6 Å². The minimum absolute atomic E-state index is 0.710. The topological polar surface area (TPSA) is 42.2 Å². The Hall–Kier alpha value is -1.68. The summed E-state index contributed by atoms with van der Waals surface area (Å²) in [6.07, 6.45) is 10.4. The highest BCUT2D eigenvalue weighted by molar-refractivity contribution is 5.46. The Morgan fingerprint density at radius 1 is 1.29 bits per heavy atom. The lowest BCUT2D eigenvalue weighted by Gasteiger charge is -2.29. The van der Waals surface area contributed by atoms with Gasteiger partial charge in [0.25, 0.3) is 0 Å². The number of hydrogen-bond donors (Lipinski definition) is 0. The summed E-state index contributed by atoms with van der Waals surface area (Å²) in [5.41, 5.74) is 2.48. The largest absolute Gasteiger partial charge is 0.461 e. The van der Waals surface area contributed by atoms with E-state index < -0.39 is 0 Å². The first-order valence-corrected chi connectivity index (χ1v) is 7.99. The molecule has 0 aromatic carbocycles. The van der Waals surface area contributed by atoms with Crippen molar-refractivity contribution in [3.8, 4) is 11.6 Å². The lowest BCUT2D eigenvalue weighted by Crippen LogP contribution is -2.34. The second-order valence-corrected chi connectivity index (χ2v) is 6.28. The fourth-order valence-electron chi connectivity index (χ4n) is 3.60. The van der Waals surface area contributed by atoms with Gasteiger partial charge in [-0.25, -0.2) is 9.97 Å². The summed E-state index contributed by atoms with van der Waals surface area (Å²) < 4.78 is 5.41. The van der Waals surface area contributed by atoms with Crippen molar-refractivity contribution >= 4 is 0 Å². The van der Waals surface area contributed by atoms with E-state index in [-0.39, 0.29) is 0 Å². The third kappa shape index (κ3) is 2.72. The molecule has 0 atom stereocenters. The number of hydrogen-bond acceptors (Lipinski definition) is 4. The molecule has 110 valence electrons. The average Bonchev–Trinajstić information content (AvgIpc) is 3.20. The maximum absolute atomic E-state index is 5.41. The van der Waals surface area contributed by atoms with E-state index in [0.29, 0.717) is 5.82 Å². The summed E-state index contributed by atoms with van der Waals surface area (Å²) >= 11 is 0. The van der Waals surface area contributed by atoms with Crippen molar-refractivity contribution in [3.05, 3.63) is 35.9 Å². The molecule has 2 aromatic heterocycles. The summed E-state index contributed by atoms with van der Waals surface area (Å²) in [6.45, 7) is 3.34. The molecule has 1 saturated carbocycles. The molecule has 0 N–H and O–H groups in total. The van der Waals surface area contributed by atoms with Gasteiger partial charge < -0.3 is 4.42 Å². The third-order valence-electron chi connectivity index (χ3n) is 4.76. The molecule has 0 unspecified atom stereocenters. The minimum Gasteiger partial charge on any atom is -0.461 e. The van der Waals surface area contributed by atoms with Gasteiger partial charge in [-0.05, 0) is 42.9 Å². The van der Waals surface area contributed by atoms with Gasteiger partial charge in [0.15, 0.2) is 11.6 Å². The third-order valence-corrected chi connectivity index (χ3v) is 4.76. The van der Waals surface area contributed by atoms with E-state index in [4.69, 9.17) is 9.40 Å². The fourth-order valence-corrected chi connectivity index (χ4v) is 3.60. The van der Waals surface area contributed by atoms with Crippen LogP contribution in [-0.2, 0) is 13.0 Å². The maximum atomic E-state index is 5.41. The normalized spacial score (nSPS) is 19.8. The molecule has 4 heteroatoms. The van der Waals surface area contributed by atoms with Gasteiger partial charge in [0.2, 0.25) is 0 Å². The van der Waals surface area contributed by atoms with Crippen LogP contribution < -0.4 is 0 Å². The molecule has 2 aliphatic rings. The Morgan fingerprint density at radius 3 is 3.00 bits per heavy atom. The van der Waals surface area contributed by atoms with Gasteiger partial charge in [-0.3, -0.25) is 4.90 Å². The molecule has 0 saturated heterocycles. The molecule has 1 aliphatic heterocycles. The van der Waals surface area contributed by atoms with E-state index in [1.54, 1.807) is 6.26 Å². The second-order valence-electron chi connectivity index (χ2n) is 6.28. The summed E-state index contributed by atoms with van der Waals surface area (Å²) in [4.78, 5) is 11.7. The van der Waals surface area contributed by atoms with E-state index in [9.17, 15) is 0 Å². The summed E-state index contributed by atoms with van der Waals surface area (Å²) in [7, 11) is 0. The molecule has 2 aromatic rings. The van der Waals surface area contributed by atoms with Crippen molar-refractivity contribution in [3.63, 3.8) is 0 Å². The molecular formula is C17H21N3O. The van der Waals surface area contributed by atoms with Crippen molar-refractivity contribution in [1.82, 2.24) is 14.9 Å². The zero-order valence-electron chi connectivity index (χ0n) is 12.3. The van der Waals surface area contributed by atoms with Gasteiger partial charge in [0.1, 0.15) is 0 Å². The van der Waals surface area contributed by atoms with E-state index >= 15 is 0 Å². The van der Waals surface area contributed by atoms with Crippen molar-refractivity contribution < 1.29 is 4.42 Å². The number of nitrogens with zero attached hydrogens (tertiary/aromatic N) is 3. The van der Waals surface area contributed by atoms with E-state index in [2.05, 4.69) is 9.88 Å². The SMILES string of the molecule is c1coc(-c2ncc3c(n2)CN(CC2CCCC2)CC3)c1. The van der Waals surface area contributed by atoms with Crippen LogP contribution in [-0.4, -0.2) is 28.0 Å². The molecule has 0 radical (unpaired) electrons. The van der Waals surface area contributed by atoms with Crippen LogP contribution in [0, 0.1) is 5.92 Å². The minimum atomic E-state index is 0.710. The molecule has 1 aliphatic carbocycles. The summed E-state index contributed by atoms with van der Waals surface area (Å²) in [5, 5.41) is 0. The Balaban J connectivity index is 1.51. The fraction of sp³-hybridized carbons (Fsp3) is 0.529. The number of aromatic nitrogens is 2. The predicted molar refractivity (Wildman–Crippen MR) is 80.7 cm³/mol. The summed E-state index contributed by atoms with van der Waals surface area (Å²) in [5.74, 6) is 2.37. The van der Waals surface area contributed by atoms with Gasteiger partial charge in [-0.1, -0.05) is 12.8 Å². The standard InChI is InChI=1S/C17H21N3O/c1-2-5-13(4-1)11-20-8-7-14-10-18-17(19-15(14)12-20)16-6-3-9-21-16/h3,6,9-10,13H,1-2,4-5,7-8,11-12H2. The predicted octanol–water partition coefficient (Wildman–Crippen LogP) is 3.28. The molecular weight excluding hydrogens is 262 g/mol. The van der Waals surface area contributed by atoms with Crippen LogP contribution in [0.1, 0.15) is 36.9 Å². The lowest BCUT2D eigenvalue weighted by atomic mass is 10.0. The van der Waals surface area contributed by atoms with Crippen LogP contribution in [0.25, 0.3) is 11.6 Å². The molecule has 21 heavy (non-hydrogen) atoms. The first-order chi connectivity index (χ1) is 10.4. The smallest absolute Gasteiger partial charge is 0.195 e. The average molecular weight is 283 g/mol. The van der Waals surface area contributed by atoms with Gasteiger partial charge in [0.05, 0.1) is 12.0 Å². The van der Waals surface area contributed by atoms with Crippen LogP contribution in [0.3, 0.4) is 0 Å². The Morgan fingerprint density at radius 2 is 2.19 bits per heavy atom. The second kappa shape index (κ2) is 5.60. The van der Waals surface area contributed by atoms with E-state index in [1.165, 1.54) is 43.5 Å². The molecule has 0 spiro atoms. The van der Waals surface area contributed by atoms with E-state index in [0.717, 1.165) is 31.2 Å². The quantitative estimate of drug-likeness (QED) is 0.867. The highest BCUT2D eigenvalue weighted by Gasteiger charge is 2.23. The molecule has 4 rings (SSSR count). The Kier molecular flexibility index (Phi) is 3.47. The monoisotopic (exact) mass is 283 g/mol.